The Morgan fingerprint density at radius 3 is 2.81 bits per heavy atom. The third-order valence-electron chi connectivity index (χ3n) is 3.92. The molecule has 1 aliphatic heterocycles. The van der Waals surface area contributed by atoms with Gasteiger partial charge in [0.25, 0.3) is 5.69 Å². The Morgan fingerprint density at radius 2 is 2.24 bits per heavy atom. The van der Waals surface area contributed by atoms with Crippen LogP contribution in [0.1, 0.15) is 30.1 Å². The molecule has 7 heteroatoms. The number of carboxylic acid groups (broad SMARTS) is 1. The van der Waals surface area contributed by atoms with Crippen LogP contribution in [-0.2, 0) is 4.74 Å². The quantitative estimate of drug-likeness (QED) is 0.676. The Hall–Kier alpha value is -2.15. The molecule has 0 bridgehead atoms. The second-order valence-corrected chi connectivity index (χ2v) is 5.44. The highest BCUT2D eigenvalue weighted by Crippen LogP contribution is 2.32. The monoisotopic (exact) mass is 294 g/mol. The zero-order valence-corrected chi connectivity index (χ0v) is 12.0. The summed E-state index contributed by atoms with van der Waals surface area (Å²) in [5, 5.41) is 20.2. The predicted molar refractivity (Wildman–Crippen MR) is 76.9 cm³/mol. The number of piperidine rings is 1. The molecule has 0 aromatic heterocycles. The first kappa shape index (κ1) is 15.2. The van der Waals surface area contributed by atoms with E-state index in [2.05, 4.69) is 0 Å². The summed E-state index contributed by atoms with van der Waals surface area (Å²) >= 11 is 0. The minimum absolute atomic E-state index is 0.0703. The van der Waals surface area contributed by atoms with Crippen LogP contribution in [0, 0.1) is 10.1 Å². The molecule has 0 saturated carbocycles. The summed E-state index contributed by atoms with van der Waals surface area (Å²) in [7, 11) is 1.62. The van der Waals surface area contributed by atoms with E-state index in [1.54, 1.807) is 7.11 Å². The van der Waals surface area contributed by atoms with Crippen molar-refractivity contribution in [2.75, 3.05) is 25.1 Å². The third kappa shape index (κ3) is 3.13. The standard InChI is InChI=1S/C14H18N2O5/c1-14(21-2)6-3-7-15(9-14)12-8-10(16(19)20)4-5-11(12)13(17)18/h4-5,8H,3,6-7,9H2,1-2H3,(H,17,18). The number of aromatic carboxylic acids is 1. The Kier molecular flexibility index (Phi) is 4.13. The molecule has 1 atom stereocenters. The van der Waals surface area contributed by atoms with Crippen molar-refractivity contribution in [1.82, 2.24) is 0 Å². The number of rotatable bonds is 4. The normalized spacial score (nSPS) is 22.1. The molecule has 114 valence electrons. The fourth-order valence-electron chi connectivity index (χ4n) is 2.65. The number of nitro benzene ring substituents is 1. The van der Waals surface area contributed by atoms with Crippen LogP contribution in [0.25, 0.3) is 0 Å². The van der Waals surface area contributed by atoms with E-state index < -0.39 is 10.9 Å². The number of non-ortho nitro benzene ring substituents is 1. The van der Waals surface area contributed by atoms with Gasteiger partial charge in [-0.05, 0) is 25.8 Å². The molecule has 1 aromatic rings. The summed E-state index contributed by atoms with van der Waals surface area (Å²) in [6.45, 7) is 3.11. The summed E-state index contributed by atoms with van der Waals surface area (Å²) in [5.41, 5.74) is -0.0427. The smallest absolute Gasteiger partial charge is 0.337 e. The van der Waals surface area contributed by atoms with Crippen molar-refractivity contribution < 1.29 is 19.6 Å². The number of carbonyl (C=O) groups is 1. The van der Waals surface area contributed by atoms with Crippen LogP contribution < -0.4 is 4.90 Å². The number of hydrogen-bond acceptors (Lipinski definition) is 5. The van der Waals surface area contributed by atoms with Crippen molar-refractivity contribution in [2.45, 2.75) is 25.4 Å². The summed E-state index contributed by atoms with van der Waals surface area (Å²) < 4.78 is 5.49. The van der Waals surface area contributed by atoms with Crippen molar-refractivity contribution in [3.05, 3.63) is 33.9 Å². The fourth-order valence-corrected chi connectivity index (χ4v) is 2.65. The van der Waals surface area contributed by atoms with E-state index in [9.17, 15) is 20.0 Å². The summed E-state index contributed by atoms with van der Waals surface area (Å²) in [5.74, 6) is -1.09. The van der Waals surface area contributed by atoms with Gasteiger partial charge in [-0.25, -0.2) is 4.79 Å². The van der Waals surface area contributed by atoms with Gasteiger partial charge in [-0.2, -0.15) is 0 Å². The lowest BCUT2D eigenvalue weighted by atomic mass is 9.93. The molecule has 1 aromatic carbocycles. The maximum Gasteiger partial charge on any atom is 0.337 e. The second-order valence-electron chi connectivity index (χ2n) is 5.44. The number of carboxylic acids is 1. The zero-order valence-electron chi connectivity index (χ0n) is 12.0. The predicted octanol–water partition coefficient (Wildman–Crippen LogP) is 2.30. The highest BCUT2D eigenvalue weighted by Gasteiger charge is 2.33. The van der Waals surface area contributed by atoms with Crippen molar-refractivity contribution >= 4 is 17.3 Å². The molecule has 1 saturated heterocycles. The number of benzene rings is 1. The Labute approximate surface area is 122 Å². The van der Waals surface area contributed by atoms with E-state index in [0.29, 0.717) is 18.8 Å². The Balaban J connectivity index is 2.42. The van der Waals surface area contributed by atoms with Crippen molar-refractivity contribution in [2.24, 2.45) is 0 Å². The van der Waals surface area contributed by atoms with Gasteiger partial charge in [-0.3, -0.25) is 10.1 Å². The van der Waals surface area contributed by atoms with Crippen LogP contribution in [0.3, 0.4) is 0 Å². The molecule has 1 fully saturated rings. The molecule has 1 heterocycles. The second kappa shape index (κ2) is 5.69. The van der Waals surface area contributed by atoms with E-state index in [1.165, 1.54) is 18.2 Å². The van der Waals surface area contributed by atoms with E-state index in [4.69, 9.17) is 4.74 Å². The Bertz CT molecular complexity index is 574. The first-order valence-corrected chi connectivity index (χ1v) is 6.68. The van der Waals surface area contributed by atoms with E-state index in [-0.39, 0.29) is 16.9 Å². The van der Waals surface area contributed by atoms with Crippen LogP contribution in [0.5, 0.6) is 0 Å². The van der Waals surface area contributed by atoms with Gasteiger partial charge in [0.2, 0.25) is 0 Å². The van der Waals surface area contributed by atoms with Crippen LogP contribution in [0.15, 0.2) is 18.2 Å². The minimum Gasteiger partial charge on any atom is -0.478 e. The molecule has 1 unspecified atom stereocenters. The number of hydrogen-bond donors (Lipinski definition) is 1. The topological polar surface area (TPSA) is 92.9 Å². The van der Waals surface area contributed by atoms with Crippen LogP contribution in [0.2, 0.25) is 0 Å². The highest BCUT2D eigenvalue weighted by molar-refractivity contribution is 5.95. The van der Waals surface area contributed by atoms with Crippen LogP contribution >= 0.6 is 0 Å². The summed E-state index contributed by atoms with van der Waals surface area (Å²) in [6, 6.07) is 3.83. The van der Waals surface area contributed by atoms with Gasteiger partial charge in [0.1, 0.15) is 0 Å². The highest BCUT2D eigenvalue weighted by atomic mass is 16.6. The molecule has 1 aliphatic rings. The van der Waals surface area contributed by atoms with Gasteiger partial charge in [-0.1, -0.05) is 0 Å². The molecular weight excluding hydrogens is 276 g/mol. The zero-order chi connectivity index (χ0) is 15.6. The molecule has 2 rings (SSSR count). The maximum absolute atomic E-state index is 11.3. The fraction of sp³-hybridized carbons (Fsp3) is 0.500. The number of methoxy groups -OCH3 is 1. The van der Waals surface area contributed by atoms with Gasteiger partial charge in [-0.15, -0.1) is 0 Å². The van der Waals surface area contributed by atoms with E-state index in [0.717, 1.165) is 12.8 Å². The SMILES string of the molecule is COC1(C)CCCN(c2cc([N+](=O)[O-])ccc2C(=O)O)C1. The van der Waals surface area contributed by atoms with E-state index in [1.807, 2.05) is 11.8 Å². The lowest BCUT2D eigenvalue weighted by Gasteiger charge is -2.41. The maximum atomic E-state index is 11.3. The molecule has 21 heavy (non-hydrogen) atoms. The number of anilines is 1. The van der Waals surface area contributed by atoms with Crippen LogP contribution in [-0.4, -0.2) is 41.8 Å². The lowest BCUT2D eigenvalue weighted by Crippen LogP contribution is -2.47. The molecule has 0 aliphatic carbocycles. The van der Waals surface area contributed by atoms with Crippen molar-refractivity contribution in [3.63, 3.8) is 0 Å². The molecule has 1 N–H and O–H groups in total. The summed E-state index contributed by atoms with van der Waals surface area (Å²) in [6.07, 6.45) is 1.71. The van der Waals surface area contributed by atoms with Gasteiger partial charge >= 0.3 is 5.97 Å². The minimum atomic E-state index is -1.09. The van der Waals surface area contributed by atoms with Gasteiger partial charge in [0.05, 0.1) is 21.8 Å². The van der Waals surface area contributed by atoms with Gasteiger partial charge in [0, 0.05) is 32.3 Å². The molecule has 0 radical (unpaired) electrons. The summed E-state index contributed by atoms with van der Waals surface area (Å²) in [4.78, 5) is 23.6. The first-order chi connectivity index (χ1) is 9.86. The lowest BCUT2D eigenvalue weighted by molar-refractivity contribution is -0.384. The molecular formula is C14H18N2O5. The first-order valence-electron chi connectivity index (χ1n) is 6.68. The van der Waals surface area contributed by atoms with E-state index >= 15 is 0 Å². The number of nitro groups is 1. The average molecular weight is 294 g/mol. The molecule has 0 spiro atoms. The van der Waals surface area contributed by atoms with Crippen molar-refractivity contribution in [1.29, 1.82) is 0 Å². The van der Waals surface area contributed by atoms with Crippen LogP contribution in [0.4, 0.5) is 11.4 Å². The van der Waals surface area contributed by atoms with Gasteiger partial charge < -0.3 is 14.7 Å². The molecule has 0 amide bonds. The molecule has 7 nitrogen and oxygen atoms in total. The number of nitrogens with zero attached hydrogens (tertiary/aromatic N) is 2. The third-order valence-corrected chi connectivity index (χ3v) is 3.92. The average Bonchev–Trinajstić information content (AvgIpc) is 2.46. The Morgan fingerprint density at radius 1 is 1.52 bits per heavy atom. The number of ether oxygens (including phenoxy) is 1. The van der Waals surface area contributed by atoms with Gasteiger partial charge in [0.15, 0.2) is 0 Å². The van der Waals surface area contributed by atoms with Crippen molar-refractivity contribution in [3.8, 4) is 0 Å². The largest absolute Gasteiger partial charge is 0.478 e.